The van der Waals surface area contributed by atoms with Crippen molar-refractivity contribution < 1.29 is 19.4 Å². The first kappa shape index (κ1) is 14.9. The van der Waals surface area contributed by atoms with Gasteiger partial charge in [0.25, 0.3) is 0 Å². The summed E-state index contributed by atoms with van der Waals surface area (Å²) >= 11 is 3.19. The van der Waals surface area contributed by atoms with Crippen LogP contribution in [0.2, 0.25) is 0 Å². The van der Waals surface area contributed by atoms with Gasteiger partial charge in [0.2, 0.25) is 0 Å². The van der Waals surface area contributed by atoms with Gasteiger partial charge in [-0.2, -0.15) is 0 Å². The van der Waals surface area contributed by atoms with Gasteiger partial charge >= 0.3 is 5.97 Å². The van der Waals surface area contributed by atoms with Crippen LogP contribution < -0.4 is 0 Å². The van der Waals surface area contributed by atoms with Crippen molar-refractivity contribution in [3.05, 3.63) is 34.9 Å². The van der Waals surface area contributed by atoms with Gasteiger partial charge in [-0.1, -0.05) is 28.1 Å². The molecule has 0 aliphatic carbocycles. The Morgan fingerprint density at radius 3 is 2.61 bits per heavy atom. The number of hydrogen-bond acceptors (Lipinski definition) is 4. The van der Waals surface area contributed by atoms with Crippen LogP contribution >= 0.6 is 15.9 Å². The molecule has 0 aliphatic rings. The number of halogens is 1. The number of aliphatic hydroxyl groups is 1. The first-order valence-corrected chi connectivity index (χ1v) is 6.76. The second-order valence-electron chi connectivity index (χ2n) is 3.62. The molecule has 5 heteroatoms. The molecule has 0 bridgehead atoms. The number of rotatable bonds is 6. The zero-order valence-corrected chi connectivity index (χ0v) is 11.7. The van der Waals surface area contributed by atoms with E-state index in [2.05, 4.69) is 15.9 Å². The smallest absolute Gasteiger partial charge is 0.338 e. The summed E-state index contributed by atoms with van der Waals surface area (Å²) in [5, 5.41) is 9.60. The lowest BCUT2D eigenvalue weighted by Gasteiger charge is -2.09. The molecule has 0 spiro atoms. The Bertz CT molecular complexity index is 443. The lowest BCUT2D eigenvalue weighted by Crippen LogP contribution is -2.13. The summed E-state index contributed by atoms with van der Waals surface area (Å²) in [7, 11) is 0. The normalized spacial score (nSPS) is 10.2. The van der Waals surface area contributed by atoms with Crippen molar-refractivity contribution in [1.29, 1.82) is 0 Å². The molecule has 0 radical (unpaired) electrons. The van der Waals surface area contributed by atoms with Crippen LogP contribution in [0.3, 0.4) is 0 Å². The molecule has 0 amide bonds. The van der Waals surface area contributed by atoms with Crippen LogP contribution in [-0.2, 0) is 11.3 Å². The molecule has 1 aromatic carbocycles. The van der Waals surface area contributed by atoms with E-state index in [-0.39, 0.29) is 24.6 Å². The van der Waals surface area contributed by atoms with E-state index in [0.29, 0.717) is 22.9 Å². The first-order valence-electron chi connectivity index (χ1n) is 5.64. The third-order valence-corrected chi connectivity index (χ3v) is 2.78. The second-order valence-corrected chi connectivity index (χ2v) is 4.41. The second kappa shape index (κ2) is 7.28. The molecule has 98 valence electrons. The summed E-state index contributed by atoms with van der Waals surface area (Å²) in [5.74, 6) is -0.662. The van der Waals surface area contributed by atoms with E-state index in [0.717, 1.165) is 0 Å². The number of alkyl halides is 1. The number of benzene rings is 1. The van der Waals surface area contributed by atoms with Gasteiger partial charge in [0, 0.05) is 17.3 Å². The summed E-state index contributed by atoms with van der Waals surface area (Å²) < 4.78 is 4.91. The summed E-state index contributed by atoms with van der Waals surface area (Å²) in [6.45, 7) is 1.77. The lowest BCUT2D eigenvalue weighted by atomic mass is 9.99. The maximum Gasteiger partial charge on any atom is 0.338 e. The van der Waals surface area contributed by atoms with Crippen LogP contribution in [0.25, 0.3) is 0 Å². The van der Waals surface area contributed by atoms with E-state index in [1.54, 1.807) is 19.1 Å². The lowest BCUT2D eigenvalue weighted by molar-refractivity contribution is 0.0523. The number of hydrogen-bond donors (Lipinski definition) is 1. The minimum Gasteiger partial charge on any atom is -0.462 e. The predicted octanol–water partition coefficient (Wildman–Crippen LogP) is 2.32. The average molecular weight is 315 g/mol. The molecule has 0 saturated carbocycles. The average Bonchev–Trinajstić information content (AvgIpc) is 2.38. The van der Waals surface area contributed by atoms with E-state index in [1.165, 1.54) is 6.07 Å². The van der Waals surface area contributed by atoms with Gasteiger partial charge in [-0.25, -0.2) is 4.79 Å². The third kappa shape index (κ3) is 3.65. The van der Waals surface area contributed by atoms with Crippen molar-refractivity contribution >= 4 is 27.7 Å². The van der Waals surface area contributed by atoms with Crippen LogP contribution in [-0.4, -0.2) is 28.8 Å². The highest BCUT2D eigenvalue weighted by molar-refractivity contribution is 9.09. The maximum atomic E-state index is 11.9. The molecule has 1 aromatic rings. The fourth-order valence-electron chi connectivity index (χ4n) is 1.53. The Morgan fingerprint density at radius 1 is 1.33 bits per heavy atom. The van der Waals surface area contributed by atoms with Crippen molar-refractivity contribution in [3.8, 4) is 0 Å². The predicted molar refractivity (Wildman–Crippen MR) is 71.1 cm³/mol. The molecule has 0 heterocycles. The summed E-state index contributed by atoms with van der Waals surface area (Å²) in [6.07, 6.45) is 0.310. The van der Waals surface area contributed by atoms with Gasteiger partial charge in [0.1, 0.15) is 0 Å². The number of aliphatic hydroxyl groups excluding tert-OH is 1. The molecule has 18 heavy (non-hydrogen) atoms. The molecular formula is C13H15BrO4. The summed E-state index contributed by atoms with van der Waals surface area (Å²) in [6, 6.07) is 4.69. The molecule has 0 unspecified atom stereocenters. The zero-order chi connectivity index (χ0) is 13.5. The van der Waals surface area contributed by atoms with E-state index >= 15 is 0 Å². The molecule has 0 atom stereocenters. The Kier molecular flexibility index (Phi) is 6.01. The number of Topliss-reactive ketones (excluding diaryl/α,β-unsaturated/α-hetero) is 1. The molecule has 1 rings (SSSR count). The van der Waals surface area contributed by atoms with Gasteiger partial charge in [-0.15, -0.1) is 0 Å². The minimum atomic E-state index is -0.536. The van der Waals surface area contributed by atoms with Gasteiger partial charge in [0.15, 0.2) is 5.78 Å². The number of carbonyl (C=O) groups is 2. The fraction of sp³-hybridized carbons (Fsp3) is 0.385. The number of carbonyl (C=O) groups excluding carboxylic acids is 2. The highest BCUT2D eigenvalue weighted by atomic mass is 79.9. The standard InChI is InChI=1S/C13H15BrO4/c1-2-18-13(17)11-7-9(8-15)3-4-10(11)12(16)5-6-14/h3-4,7,15H,2,5-6,8H2,1H3. The highest BCUT2D eigenvalue weighted by Crippen LogP contribution is 2.16. The van der Waals surface area contributed by atoms with E-state index in [1.807, 2.05) is 0 Å². The molecule has 1 N–H and O–H groups in total. The van der Waals surface area contributed by atoms with E-state index in [4.69, 9.17) is 9.84 Å². The molecule has 4 nitrogen and oxygen atoms in total. The van der Waals surface area contributed by atoms with Crippen molar-refractivity contribution in [2.45, 2.75) is 20.0 Å². The SMILES string of the molecule is CCOC(=O)c1cc(CO)ccc1C(=O)CCBr. The molecular weight excluding hydrogens is 300 g/mol. The van der Waals surface area contributed by atoms with Crippen molar-refractivity contribution in [3.63, 3.8) is 0 Å². The first-order chi connectivity index (χ1) is 8.63. The van der Waals surface area contributed by atoms with Gasteiger partial charge in [-0.3, -0.25) is 4.79 Å². The van der Waals surface area contributed by atoms with Crippen LogP contribution in [0, 0.1) is 0 Å². The molecule has 0 saturated heterocycles. The van der Waals surface area contributed by atoms with Crippen LogP contribution in [0.15, 0.2) is 18.2 Å². The van der Waals surface area contributed by atoms with E-state index in [9.17, 15) is 9.59 Å². The molecule has 0 fully saturated rings. The summed E-state index contributed by atoms with van der Waals surface area (Å²) in [5.41, 5.74) is 1.13. The largest absolute Gasteiger partial charge is 0.462 e. The van der Waals surface area contributed by atoms with Crippen molar-refractivity contribution in [2.24, 2.45) is 0 Å². The van der Waals surface area contributed by atoms with Crippen LogP contribution in [0.1, 0.15) is 39.6 Å². The monoisotopic (exact) mass is 314 g/mol. The Balaban J connectivity index is 3.15. The number of ether oxygens (including phenoxy) is 1. The van der Waals surface area contributed by atoms with Gasteiger partial charge < -0.3 is 9.84 Å². The quantitative estimate of drug-likeness (QED) is 0.497. The Hall–Kier alpha value is -1.20. The van der Waals surface area contributed by atoms with Crippen LogP contribution in [0.4, 0.5) is 0 Å². The van der Waals surface area contributed by atoms with Crippen molar-refractivity contribution in [2.75, 3.05) is 11.9 Å². The topological polar surface area (TPSA) is 63.6 Å². The van der Waals surface area contributed by atoms with Crippen molar-refractivity contribution in [1.82, 2.24) is 0 Å². The van der Waals surface area contributed by atoms with Crippen LogP contribution in [0.5, 0.6) is 0 Å². The molecule has 0 aromatic heterocycles. The number of esters is 1. The Labute approximate surface area is 114 Å². The Morgan fingerprint density at radius 2 is 2.06 bits per heavy atom. The van der Waals surface area contributed by atoms with Gasteiger partial charge in [0.05, 0.1) is 18.8 Å². The fourth-order valence-corrected chi connectivity index (χ4v) is 1.89. The molecule has 0 aliphatic heterocycles. The zero-order valence-electron chi connectivity index (χ0n) is 10.1. The summed E-state index contributed by atoms with van der Waals surface area (Å²) in [4.78, 5) is 23.6. The third-order valence-electron chi connectivity index (χ3n) is 2.38. The minimum absolute atomic E-state index is 0.126. The van der Waals surface area contributed by atoms with E-state index < -0.39 is 5.97 Å². The highest BCUT2D eigenvalue weighted by Gasteiger charge is 2.18. The van der Waals surface area contributed by atoms with Gasteiger partial charge in [-0.05, 0) is 18.6 Å². The number of ketones is 1. The maximum absolute atomic E-state index is 11.9.